The van der Waals surface area contributed by atoms with Crippen molar-refractivity contribution in [2.75, 3.05) is 5.32 Å². The first-order valence-electron chi connectivity index (χ1n) is 4.74. The molecule has 0 aromatic heterocycles. The molecule has 2 aromatic rings. The van der Waals surface area contributed by atoms with Crippen molar-refractivity contribution >= 4 is 11.4 Å². The Labute approximate surface area is 94.7 Å². The summed E-state index contributed by atoms with van der Waals surface area (Å²) < 4.78 is 52.4. The van der Waals surface area contributed by atoms with Gasteiger partial charge in [-0.15, -0.1) is 0 Å². The van der Waals surface area contributed by atoms with Gasteiger partial charge in [0.05, 0.1) is 5.69 Å². The number of benzene rings is 2. The van der Waals surface area contributed by atoms with E-state index in [2.05, 4.69) is 5.32 Å². The van der Waals surface area contributed by atoms with E-state index in [0.29, 0.717) is 6.07 Å². The van der Waals surface area contributed by atoms with E-state index < -0.39 is 29.0 Å². The molecule has 2 rings (SSSR count). The molecule has 0 saturated carbocycles. The highest BCUT2D eigenvalue weighted by atomic mass is 19.1. The Hall–Kier alpha value is -2.04. The van der Waals surface area contributed by atoms with E-state index in [0.717, 1.165) is 24.3 Å². The molecule has 0 aliphatic heterocycles. The van der Waals surface area contributed by atoms with Crippen LogP contribution in [0.25, 0.3) is 0 Å². The fourth-order valence-electron chi connectivity index (χ4n) is 1.34. The number of hydrogen-bond acceptors (Lipinski definition) is 1. The fourth-order valence-corrected chi connectivity index (χ4v) is 1.34. The van der Waals surface area contributed by atoms with Crippen molar-refractivity contribution in [1.82, 2.24) is 0 Å². The molecule has 0 saturated heterocycles. The number of para-hydroxylation sites is 1. The lowest BCUT2D eigenvalue weighted by molar-refractivity contribution is 0.581. The van der Waals surface area contributed by atoms with Crippen LogP contribution in [0.5, 0.6) is 0 Å². The third-order valence-electron chi connectivity index (χ3n) is 2.15. The van der Waals surface area contributed by atoms with Crippen molar-refractivity contribution in [2.45, 2.75) is 0 Å². The van der Waals surface area contributed by atoms with E-state index in [1.807, 2.05) is 0 Å². The molecule has 5 heteroatoms. The molecule has 0 spiro atoms. The summed E-state index contributed by atoms with van der Waals surface area (Å²) in [4.78, 5) is 0. The summed E-state index contributed by atoms with van der Waals surface area (Å²) in [6, 6.07) is 5.94. The van der Waals surface area contributed by atoms with Crippen LogP contribution in [0, 0.1) is 23.3 Å². The van der Waals surface area contributed by atoms with E-state index in [1.54, 1.807) is 0 Å². The van der Waals surface area contributed by atoms with Crippen molar-refractivity contribution in [3.63, 3.8) is 0 Å². The van der Waals surface area contributed by atoms with Gasteiger partial charge in [0.2, 0.25) is 0 Å². The lowest BCUT2D eigenvalue weighted by Gasteiger charge is -2.09. The quantitative estimate of drug-likeness (QED) is 0.784. The second-order valence-electron chi connectivity index (χ2n) is 3.35. The summed E-state index contributed by atoms with van der Waals surface area (Å²) in [6.45, 7) is 0. The van der Waals surface area contributed by atoms with Gasteiger partial charge in [0.1, 0.15) is 29.0 Å². The molecule has 88 valence electrons. The first-order chi connectivity index (χ1) is 8.08. The Bertz CT molecular complexity index is 534. The number of rotatable bonds is 2. The number of nitrogens with one attached hydrogen (secondary N) is 1. The molecule has 1 nitrogen and oxygen atoms in total. The van der Waals surface area contributed by atoms with Crippen molar-refractivity contribution in [3.8, 4) is 0 Å². The van der Waals surface area contributed by atoms with Gasteiger partial charge in [-0.25, -0.2) is 17.6 Å². The Balaban J connectivity index is 2.38. The lowest BCUT2D eigenvalue weighted by Crippen LogP contribution is -1.99. The monoisotopic (exact) mass is 241 g/mol. The van der Waals surface area contributed by atoms with Gasteiger partial charge in [0.25, 0.3) is 0 Å². The van der Waals surface area contributed by atoms with Crippen LogP contribution in [-0.2, 0) is 0 Å². The van der Waals surface area contributed by atoms with E-state index in [1.165, 1.54) is 6.07 Å². The van der Waals surface area contributed by atoms with Gasteiger partial charge in [-0.05, 0) is 24.3 Å². The summed E-state index contributed by atoms with van der Waals surface area (Å²) >= 11 is 0. The number of anilines is 2. The SMILES string of the molecule is Fc1ccc(Nc2c(F)cccc2F)c(F)c1. The van der Waals surface area contributed by atoms with Gasteiger partial charge < -0.3 is 5.32 Å². The average Bonchev–Trinajstić information content (AvgIpc) is 2.26. The number of halogens is 4. The fraction of sp³-hybridized carbons (Fsp3) is 0. The van der Waals surface area contributed by atoms with E-state index in [-0.39, 0.29) is 5.69 Å². The van der Waals surface area contributed by atoms with Crippen LogP contribution < -0.4 is 5.32 Å². The summed E-state index contributed by atoms with van der Waals surface area (Å²) in [5, 5.41) is 2.24. The molecule has 0 radical (unpaired) electrons. The van der Waals surface area contributed by atoms with Gasteiger partial charge in [-0.1, -0.05) is 6.07 Å². The number of hydrogen-bond donors (Lipinski definition) is 1. The van der Waals surface area contributed by atoms with Crippen LogP contribution in [0.3, 0.4) is 0 Å². The molecule has 0 aliphatic carbocycles. The minimum Gasteiger partial charge on any atom is -0.348 e. The van der Waals surface area contributed by atoms with E-state index in [9.17, 15) is 17.6 Å². The highest BCUT2D eigenvalue weighted by Gasteiger charge is 2.11. The molecular weight excluding hydrogens is 234 g/mol. The van der Waals surface area contributed by atoms with E-state index >= 15 is 0 Å². The first kappa shape index (κ1) is 11.4. The molecule has 1 N–H and O–H groups in total. The Kier molecular flexibility index (Phi) is 2.99. The molecule has 2 aromatic carbocycles. The predicted molar refractivity (Wildman–Crippen MR) is 56.0 cm³/mol. The molecule has 0 atom stereocenters. The molecule has 0 bridgehead atoms. The van der Waals surface area contributed by atoms with E-state index in [4.69, 9.17) is 0 Å². The molecule has 17 heavy (non-hydrogen) atoms. The average molecular weight is 241 g/mol. The van der Waals surface area contributed by atoms with Crippen molar-refractivity contribution < 1.29 is 17.6 Å². The zero-order valence-corrected chi connectivity index (χ0v) is 8.48. The Morgan fingerprint density at radius 1 is 0.765 bits per heavy atom. The van der Waals surface area contributed by atoms with Crippen molar-refractivity contribution in [3.05, 3.63) is 59.7 Å². The second-order valence-corrected chi connectivity index (χ2v) is 3.35. The molecule has 0 fully saturated rings. The van der Waals surface area contributed by atoms with Crippen LogP contribution in [0.4, 0.5) is 28.9 Å². The summed E-state index contributed by atoms with van der Waals surface area (Å²) in [6.07, 6.45) is 0. The van der Waals surface area contributed by atoms with Crippen LogP contribution in [0.2, 0.25) is 0 Å². The topological polar surface area (TPSA) is 12.0 Å². The smallest absolute Gasteiger partial charge is 0.149 e. The summed E-state index contributed by atoms with van der Waals surface area (Å²) in [5.41, 5.74) is -0.673. The van der Waals surface area contributed by atoms with Crippen LogP contribution in [0.1, 0.15) is 0 Å². The van der Waals surface area contributed by atoms with Gasteiger partial charge in [-0.2, -0.15) is 0 Å². The maximum Gasteiger partial charge on any atom is 0.149 e. The van der Waals surface area contributed by atoms with Crippen LogP contribution in [0.15, 0.2) is 36.4 Å². The molecule has 0 heterocycles. The normalized spacial score (nSPS) is 10.4. The predicted octanol–water partition coefficient (Wildman–Crippen LogP) is 3.99. The van der Waals surface area contributed by atoms with Gasteiger partial charge in [-0.3, -0.25) is 0 Å². The highest BCUT2D eigenvalue weighted by Crippen LogP contribution is 2.25. The van der Waals surface area contributed by atoms with Gasteiger partial charge in [0.15, 0.2) is 0 Å². The minimum atomic E-state index is -0.923. The highest BCUT2D eigenvalue weighted by molar-refractivity contribution is 5.61. The molecule has 0 amide bonds. The van der Waals surface area contributed by atoms with Crippen molar-refractivity contribution in [1.29, 1.82) is 0 Å². The Morgan fingerprint density at radius 3 is 2.00 bits per heavy atom. The largest absolute Gasteiger partial charge is 0.348 e. The van der Waals surface area contributed by atoms with Crippen LogP contribution in [-0.4, -0.2) is 0 Å². The van der Waals surface area contributed by atoms with Crippen LogP contribution >= 0.6 is 0 Å². The zero-order chi connectivity index (χ0) is 12.4. The molecule has 0 aliphatic rings. The maximum absolute atomic E-state index is 13.3. The summed E-state index contributed by atoms with van der Waals surface area (Å²) in [7, 11) is 0. The first-order valence-corrected chi connectivity index (χ1v) is 4.74. The maximum atomic E-state index is 13.3. The van der Waals surface area contributed by atoms with Gasteiger partial charge in [0, 0.05) is 6.07 Å². The zero-order valence-electron chi connectivity index (χ0n) is 8.48. The second kappa shape index (κ2) is 4.45. The minimum absolute atomic E-state index is 0.199. The summed E-state index contributed by atoms with van der Waals surface area (Å²) in [5.74, 6) is -3.39. The van der Waals surface area contributed by atoms with Gasteiger partial charge >= 0.3 is 0 Å². The molecule has 0 unspecified atom stereocenters. The lowest BCUT2D eigenvalue weighted by atomic mass is 10.2. The Morgan fingerprint density at radius 2 is 1.41 bits per heavy atom. The standard InChI is InChI=1S/C12H7F4N/c13-7-4-5-11(10(16)6-7)17-12-8(14)2-1-3-9(12)15/h1-6,17H. The third kappa shape index (κ3) is 2.38. The third-order valence-corrected chi connectivity index (χ3v) is 2.15. The van der Waals surface area contributed by atoms with Crippen molar-refractivity contribution in [2.24, 2.45) is 0 Å². The molecular formula is C12H7F4N.